The zero-order chi connectivity index (χ0) is 24.8. The molecule has 14 nitrogen and oxygen atoms in total. The number of carboxylic acids is 3. The number of hydrogen-bond acceptors (Lipinski definition) is 9. The average molecular weight is 480 g/mol. The predicted molar refractivity (Wildman–Crippen MR) is 111 cm³/mol. The largest absolute Gasteiger partial charge is 0.481 e. The van der Waals surface area contributed by atoms with Crippen LogP contribution in [0.1, 0.15) is 25.7 Å². The van der Waals surface area contributed by atoms with E-state index in [1.165, 1.54) is 11.8 Å². The molecule has 182 valence electrons. The third-order valence-corrected chi connectivity index (χ3v) is 4.70. The van der Waals surface area contributed by atoms with Crippen molar-refractivity contribution in [1.29, 1.82) is 0 Å². The fourth-order valence-electron chi connectivity index (χ4n) is 2.33. The Morgan fingerprint density at radius 2 is 1.31 bits per heavy atom. The molecule has 3 amide bonds. The minimum Gasteiger partial charge on any atom is -0.481 e. The third-order valence-electron chi connectivity index (χ3n) is 4.05. The molecule has 9 N–H and O–H groups in total. The Morgan fingerprint density at radius 3 is 1.75 bits per heavy atom. The number of nitrogens with one attached hydrogen (secondary N) is 3. The highest BCUT2D eigenvalue weighted by molar-refractivity contribution is 7.98. The minimum absolute atomic E-state index is 0.0641. The summed E-state index contributed by atoms with van der Waals surface area (Å²) in [7, 11) is 0. The van der Waals surface area contributed by atoms with Gasteiger partial charge in [-0.25, -0.2) is 4.79 Å². The average Bonchev–Trinajstić information content (AvgIpc) is 2.70. The highest BCUT2D eigenvalue weighted by atomic mass is 32.2. The van der Waals surface area contributed by atoms with Crippen LogP contribution in [-0.4, -0.2) is 98.8 Å². The molecule has 0 aromatic carbocycles. The first-order chi connectivity index (χ1) is 14.9. The highest BCUT2D eigenvalue weighted by Gasteiger charge is 2.30. The van der Waals surface area contributed by atoms with Crippen LogP contribution in [0.3, 0.4) is 0 Å². The summed E-state index contributed by atoms with van der Waals surface area (Å²) in [4.78, 5) is 69.8. The van der Waals surface area contributed by atoms with Gasteiger partial charge in [0.2, 0.25) is 17.7 Å². The highest BCUT2D eigenvalue weighted by Crippen LogP contribution is 2.05. The number of carbonyl (C=O) groups is 6. The Bertz CT molecular complexity index is 705. The van der Waals surface area contributed by atoms with E-state index in [-0.39, 0.29) is 12.8 Å². The Kier molecular flexibility index (Phi) is 13.6. The van der Waals surface area contributed by atoms with Crippen LogP contribution >= 0.6 is 11.8 Å². The second-order valence-corrected chi connectivity index (χ2v) is 7.61. The molecule has 0 bridgehead atoms. The van der Waals surface area contributed by atoms with Crippen molar-refractivity contribution >= 4 is 47.4 Å². The maximum atomic E-state index is 12.7. The fraction of sp³-hybridized carbons (Fsp3) is 0.647. The van der Waals surface area contributed by atoms with Crippen LogP contribution in [0.5, 0.6) is 0 Å². The molecule has 4 atom stereocenters. The lowest BCUT2D eigenvalue weighted by Crippen LogP contribution is -2.57. The van der Waals surface area contributed by atoms with E-state index in [1.807, 2.05) is 0 Å². The second-order valence-electron chi connectivity index (χ2n) is 6.62. The number of amides is 3. The van der Waals surface area contributed by atoms with E-state index >= 15 is 0 Å². The van der Waals surface area contributed by atoms with Crippen molar-refractivity contribution in [3.63, 3.8) is 0 Å². The summed E-state index contributed by atoms with van der Waals surface area (Å²) in [6, 6.07) is -5.80. The molecule has 0 aliphatic carbocycles. The summed E-state index contributed by atoms with van der Waals surface area (Å²) >= 11 is 1.33. The molecular weight excluding hydrogens is 452 g/mol. The van der Waals surface area contributed by atoms with Gasteiger partial charge in [-0.2, -0.15) is 11.8 Å². The molecule has 4 unspecified atom stereocenters. The van der Waals surface area contributed by atoms with Crippen LogP contribution in [0.2, 0.25) is 0 Å². The first-order valence-corrected chi connectivity index (χ1v) is 10.7. The monoisotopic (exact) mass is 480 g/mol. The molecule has 0 spiro atoms. The van der Waals surface area contributed by atoms with E-state index < -0.39 is 79.2 Å². The number of thioether (sulfide) groups is 1. The summed E-state index contributed by atoms with van der Waals surface area (Å²) in [6.45, 7) is -0.886. The van der Waals surface area contributed by atoms with Crippen LogP contribution < -0.4 is 21.7 Å². The molecule has 0 saturated heterocycles. The number of carboxylic acid groups (broad SMARTS) is 3. The topological polar surface area (TPSA) is 245 Å². The Balaban J connectivity index is 5.44. The number of hydrogen-bond donors (Lipinski definition) is 8. The van der Waals surface area contributed by atoms with Crippen molar-refractivity contribution in [3.8, 4) is 0 Å². The van der Waals surface area contributed by atoms with Gasteiger partial charge in [0.25, 0.3) is 0 Å². The predicted octanol–water partition coefficient (Wildman–Crippen LogP) is -3.06. The van der Waals surface area contributed by atoms with Gasteiger partial charge < -0.3 is 42.1 Å². The van der Waals surface area contributed by atoms with Gasteiger partial charge in [0, 0.05) is 6.42 Å². The van der Waals surface area contributed by atoms with Crippen molar-refractivity contribution < 1.29 is 49.2 Å². The van der Waals surface area contributed by atoms with Gasteiger partial charge in [0.05, 0.1) is 19.1 Å². The van der Waals surface area contributed by atoms with E-state index in [0.717, 1.165) is 0 Å². The van der Waals surface area contributed by atoms with Crippen LogP contribution in [0.15, 0.2) is 0 Å². The lowest BCUT2D eigenvalue weighted by atomic mass is 10.1. The molecular formula is C17H28N4O10S. The maximum absolute atomic E-state index is 12.7. The number of rotatable bonds is 16. The standard InChI is InChI=1S/C17H28N4O10S/c1-32-5-4-10(16(29)21-11(7-22)17(30)31)20-15(28)9(2-3-12(23)24)19-14(27)8(18)6-13(25)26/h8-11,22H,2-7,18H2,1H3,(H,19,27)(H,20,28)(H,21,29)(H,23,24)(H,25,26)(H,30,31). The maximum Gasteiger partial charge on any atom is 0.328 e. The molecule has 0 aliphatic rings. The number of aliphatic carboxylic acids is 3. The first-order valence-electron chi connectivity index (χ1n) is 9.35. The zero-order valence-electron chi connectivity index (χ0n) is 17.3. The number of nitrogens with two attached hydrogens (primary N) is 1. The molecule has 0 rings (SSSR count). The van der Waals surface area contributed by atoms with Gasteiger partial charge in [-0.15, -0.1) is 0 Å². The van der Waals surface area contributed by atoms with E-state index in [1.54, 1.807) is 6.26 Å². The normalized spacial score (nSPS) is 14.3. The smallest absolute Gasteiger partial charge is 0.328 e. The SMILES string of the molecule is CSCCC(NC(=O)C(CCC(=O)O)NC(=O)C(N)CC(=O)O)C(=O)NC(CO)C(=O)O. The van der Waals surface area contributed by atoms with Crippen molar-refractivity contribution in [1.82, 2.24) is 16.0 Å². The molecule has 0 fully saturated rings. The lowest BCUT2D eigenvalue weighted by molar-refractivity contribution is -0.143. The molecule has 0 aliphatic heterocycles. The van der Waals surface area contributed by atoms with Crippen LogP contribution in [0.4, 0.5) is 0 Å². The molecule has 0 aromatic heterocycles. The Hall–Kier alpha value is -2.91. The molecule has 0 aromatic rings. The van der Waals surface area contributed by atoms with Gasteiger partial charge in [-0.1, -0.05) is 0 Å². The first kappa shape index (κ1) is 29.1. The summed E-state index contributed by atoms with van der Waals surface area (Å²) < 4.78 is 0. The number of aliphatic hydroxyl groups excluding tert-OH is 1. The number of carbonyl (C=O) groups excluding carboxylic acids is 3. The molecule has 32 heavy (non-hydrogen) atoms. The summed E-state index contributed by atoms with van der Waals surface area (Å²) in [5.74, 6) is -6.59. The lowest BCUT2D eigenvalue weighted by Gasteiger charge is -2.24. The quantitative estimate of drug-likeness (QED) is 0.110. The van der Waals surface area contributed by atoms with E-state index in [4.69, 9.17) is 26.2 Å². The second kappa shape index (κ2) is 15.0. The van der Waals surface area contributed by atoms with Gasteiger partial charge >= 0.3 is 17.9 Å². The molecule has 0 saturated carbocycles. The van der Waals surface area contributed by atoms with Gasteiger partial charge in [0.15, 0.2) is 0 Å². The summed E-state index contributed by atoms with van der Waals surface area (Å²) in [6.07, 6.45) is 0.159. The molecule has 0 heterocycles. The number of aliphatic hydroxyl groups is 1. The van der Waals surface area contributed by atoms with Crippen LogP contribution in [0, 0.1) is 0 Å². The summed E-state index contributed by atoms with van der Waals surface area (Å²) in [5.41, 5.74) is 5.45. The van der Waals surface area contributed by atoms with E-state index in [2.05, 4.69) is 16.0 Å². The van der Waals surface area contributed by atoms with Gasteiger partial charge in [0.1, 0.15) is 18.1 Å². The molecule has 0 radical (unpaired) electrons. The minimum atomic E-state index is -1.60. The van der Waals surface area contributed by atoms with E-state index in [9.17, 15) is 28.8 Å². The van der Waals surface area contributed by atoms with Crippen molar-refractivity contribution in [2.75, 3.05) is 18.6 Å². The van der Waals surface area contributed by atoms with Gasteiger partial charge in [-0.05, 0) is 24.9 Å². The van der Waals surface area contributed by atoms with Crippen molar-refractivity contribution in [2.45, 2.75) is 49.9 Å². The van der Waals surface area contributed by atoms with Crippen LogP contribution in [0.25, 0.3) is 0 Å². The Morgan fingerprint density at radius 1 is 0.812 bits per heavy atom. The fourth-order valence-corrected chi connectivity index (χ4v) is 2.80. The van der Waals surface area contributed by atoms with Gasteiger partial charge in [-0.3, -0.25) is 24.0 Å². The zero-order valence-corrected chi connectivity index (χ0v) is 18.1. The Labute approximate surface area is 187 Å². The third kappa shape index (κ3) is 11.5. The van der Waals surface area contributed by atoms with Crippen molar-refractivity contribution in [2.24, 2.45) is 5.73 Å². The van der Waals surface area contributed by atoms with Crippen molar-refractivity contribution in [3.05, 3.63) is 0 Å². The van der Waals surface area contributed by atoms with E-state index in [0.29, 0.717) is 5.75 Å². The summed E-state index contributed by atoms with van der Waals surface area (Å²) in [5, 5.41) is 42.2. The molecule has 15 heteroatoms. The van der Waals surface area contributed by atoms with Crippen LogP contribution in [-0.2, 0) is 28.8 Å².